The molecule has 3 amide bonds. The Balaban J connectivity index is 1.38. The second kappa shape index (κ2) is 19.9. The number of imide groups is 1. The van der Waals surface area contributed by atoms with Crippen molar-refractivity contribution in [3.63, 3.8) is 0 Å². The van der Waals surface area contributed by atoms with E-state index in [2.05, 4.69) is 25.3 Å². The molecule has 0 bridgehead atoms. The lowest BCUT2D eigenvalue weighted by Gasteiger charge is -2.33. The number of benzene rings is 2. The van der Waals surface area contributed by atoms with Gasteiger partial charge < -0.3 is 33.4 Å². The zero-order valence-corrected chi connectivity index (χ0v) is 44.0. The smallest absolute Gasteiger partial charge is 0.425 e. The van der Waals surface area contributed by atoms with Gasteiger partial charge in [0.1, 0.15) is 76.7 Å². The van der Waals surface area contributed by atoms with Crippen molar-refractivity contribution in [3.8, 4) is 29.0 Å². The first-order chi connectivity index (χ1) is 35.0. The molecule has 1 N–H and O–H groups in total. The standard InChI is InChI=1S/C51H56F5N9O9S/c1-26(28-14-12-18-58-40(28)65(45(67)73-48(5,6)7)46(68)74-49(8,9)10)64-20-21-70-38-34-37(59-43(60-41(34)64)71-25-50-17-13-19-63(50)24-27(22-50)62-69-11)36(53)33(35(38)51(54,55)56)29-15-16-31(52)39-32(29)30(23-57)42(75-39)61-44(66)72-47(2,3)4/h12,14-16,18,26H,13,17,19-22,24-25H2,1-11H3,(H,61,66)/t26-,50+/m1/s1. The minimum absolute atomic E-state index is 0.0609. The number of oxime groups is 1. The van der Waals surface area contributed by atoms with Gasteiger partial charge in [0, 0.05) is 35.7 Å². The molecule has 3 aliphatic heterocycles. The predicted molar refractivity (Wildman–Crippen MR) is 268 cm³/mol. The molecule has 0 saturated carbocycles. The van der Waals surface area contributed by atoms with Gasteiger partial charge in [-0.05, 0) is 106 Å². The molecule has 3 aliphatic rings. The topological polar surface area (TPSA) is 203 Å². The van der Waals surface area contributed by atoms with Gasteiger partial charge in [-0.1, -0.05) is 17.3 Å². The number of ether oxygens (including phenoxy) is 5. The Hall–Kier alpha value is -7.13. The first-order valence-electron chi connectivity index (χ1n) is 23.9. The highest BCUT2D eigenvalue weighted by Crippen LogP contribution is 2.54. The third kappa shape index (κ3) is 10.9. The van der Waals surface area contributed by atoms with Crippen molar-refractivity contribution in [1.82, 2.24) is 19.9 Å². The number of pyridine rings is 1. The van der Waals surface area contributed by atoms with Crippen LogP contribution in [-0.2, 0) is 25.2 Å². The Kier molecular flexibility index (Phi) is 14.3. The van der Waals surface area contributed by atoms with Crippen LogP contribution in [0.2, 0.25) is 0 Å². The molecule has 2 aromatic carbocycles. The minimum atomic E-state index is -5.42. The number of rotatable bonds is 9. The number of alkyl halides is 3. The van der Waals surface area contributed by atoms with E-state index in [1.54, 1.807) is 69.2 Å². The summed E-state index contributed by atoms with van der Waals surface area (Å²) in [7, 11) is 1.44. The number of nitriles is 1. The zero-order valence-electron chi connectivity index (χ0n) is 43.2. The molecule has 2 fully saturated rings. The Morgan fingerprint density at radius 2 is 1.65 bits per heavy atom. The van der Waals surface area contributed by atoms with Gasteiger partial charge in [-0.15, -0.1) is 11.3 Å². The Labute approximate surface area is 432 Å². The number of hydrogen-bond donors (Lipinski definition) is 1. The molecule has 400 valence electrons. The fourth-order valence-corrected chi connectivity index (χ4v) is 10.6. The summed E-state index contributed by atoms with van der Waals surface area (Å²) < 4.78 is 111. The number of aromatic nitrogens is 3. The third-order valence-corrected chi connectivity index (χ3v) is 13.5. The van der Waals surface area contributed by atoms with E-state index in [1.165, 1.54) is 30.3 Å². The van der Waals surface area contributed by atoms with Gasteiger partial charge in [0.25, 0.3) is 0 Å². The number of amides is 3. The number of nitrogens with zero attached hydrogens (tertiary/aromatic N) is 8. The van der Waals surface area contributed by atoms with Crippen LogP contribution in [0.3, 0.4) is 0 Å². The molecule has 24 heteroatoms. The van der Waals surface area contributed by atoms with Crippen molar-refractivity contribution in [2.75, 3.05) is 55.1 Å². The number of halogens is 5. The number of fused-ring (bicyclic) bond motifs is 2. The first-order valence-corrected chi connectivity index (χ1v) is 24.7. The molecular weight excluding hydrogens is 1010 g/mol. The number of anilines is 3. The van der Waals surface area contributed by atoms with E-state index in [9.17, 15) is 19.6 Å². The molecule has 75 heavy (non-hydrogen) atoms. The van der Waals surface area contributed by atoms with Crippen molar-refractivity contribution in [1.29, 1.82) is 5.26 Å². The van der Waals surface area contributed by atoms with Gasteiger partial charge in [-0.25, -0.2) is 28.1 Å². The molecule has 2 atom stereocenters. The van der Waals surface area contributed by atoms with Crippen LogP contribution in [0.4, 0.5) is 53.0 Å². The van der Waals surface area contributed by atoms with Gasteiger partial charge in [0.2, 0.25) is 0 Å². The van der Waals surface area contributed by atoms with E-state index < -0.39 is 121 Å². The van der Waals surface area contributed by atoms with E-state index in [1.807, 2.05) is 6.07 Å². The summed E-state index contributed by atoms with van der Waals surface area (Å²) >= 11 is 0.549. The molecule has 2 saturated heterocycles. The number of thiophene rings is 1. The number of carbonyl (C=O) groups excluding carboxylic acids is 3. The Morgan fingerprint density at radius 3 is 2.28 bits per heavy atom. The lowest BCUT2D eigenvalue weighted by atomic mass is 9.91. The highest BCUT2D eigenvalue weighted by Gasteiger charge is 2.49. The molecule has 0 radical (unpaired) electrons. The predicted octanol–water partition coefficient (Wildman–Crippen LogP) is 11.7. The normalized spacial score (nSPS) is 18.0. The lowest BCUT2D eigenvalue weighted by molar-refractivity contribution is -0.138. The molecule has 3 aromatic heterocycles. The van der Waals surface area contributed by atoms with Crippen molar-refractivity contribution in [3.05, 3.63) is 58.8 Å². The number of hydrogen-bond acceptors (Lipinski definition) is 17. The molecule has 0 spiro atoms. The van der Waals surface area contributed by atoms with Crippen LogP contribution in [0.5, 0.6) is 11.8 Å². The Bertz CT molecular complexity index is 3150. The van der Waals surface area contributed by atoms with Gasteiger partial charge >= 0.3 is 30.5 Å². The van der Waals surface area contributed by atoms with Crippen LogP contribution in [-0.4, -0.2) is 106 Å². The van der Waals surface area contributed by atoms with Crippen molar-refractivity contribution < 1.29 is 64.9 Å². The monoisotopic (exact) mass is 1070 g/mol. The fraction of sp³-hybridized carbons (Fsp3) is 0.490. The second-order valence-electron chi connectivity index (χ2n) is 21.3. The van der Waals surface area contributed by atoms with E-state index in [0.717, 1.165) is 24.3 Å². The van der Waals surface area contributed by atoms with Gasteiger partial charge in [0.05, 0.1) is 39.5 Å². The maximum atomic E-state index is 18.3. The van der Waals surface area contributed by atoms with Gasteiger partial charge in [-0.3, -0.25) is 10.2 Å². The molecule has 5 aromatic rings. The first kappa shape index (κ1) is 54.1. The summed E-state index contributed by atoms with van der Waals surface area (Å²) in [6, 6.07) is 5.15. The van der Waals surface area contributed by atoms with Crippen molar-refractivity contribution in [2.45, 2.75) is 123 Å². The molecule has 6 heterocycles. The molecule has 0 unspecified atom stereocenters. The maximum absolute atomic E-state index is 18.3. The summed E-state index contributed by atoms with van der Waals surface area (Å²) in [6.45, 7) is 16.3. The fourth-order valence-electron chi connectivity index (χ4n) is 9.56. The second-order valence-corrected chi connectivity index (χ2v) is 22.3. The van der Waals surface area contributed by atoms with Crippen molar-refractivity contribution in [2.24, 2.45) is 5.16 Å². The van der Waals surface area contributed by atoms with Gasteiger partial charge in [0.15, 0.2) is 11.6 Å². The zero-order chi connectivity index (χ0) is 54.7. The van der Waals surface area contributed by atoms with Crippen LogP contribution < -0.4 is 24.6 Å². The van der Waals surface area contributed by atoms with E-state index >= 15 is 22.0 Å². The summed E-state index contributed by atoms with van der Waals surface area (Å²) in [5.41, 5.74) is -7.43. The molecular formula is C51H56F5N9O9S. The average molecular weight is 1070 g/mol. The molecule has 0 aliphatic carbocycles. The van der Waals surface area contributed by atoms with E-state index in [0.29, 0.717) is 42.2 Å². The molecule has 18 nitrogen and oxygen atoms in total. The van der Waals surface area contributed by atoms with E-state index in [-0.39, 0.29) is 40.1 Å². The molecule has 8 rings (SSSR count). The van der Waals surface area contributed by atoms with Crippen LogP contribution in [0.25, 0.3) is 32.1 Å². The van der Waals surface area contributed by atoms with Crippen LogP contribution in [0.1, 0.15) is 111 Å². The summed E-state index contributed by atoms with van der Waals surface area (Å²) in [6.07, 6.45) is -5.50. The van der Waals surface area contributed by atoms with E-state index in [4.69, 9.17) is 33.5 Å². The summed E-state index contributed by atoms with van der Waals surface area (Å²) in [5, 5.41) is 15.9. The van der Waals surface area contributed by atoms with Crippen LogP contribution in [0, 0.1) is 23.0 Å². The third-order valence-electron chi connectivity index (χ3n) is 12.4. The summed E-state index contributed by atoms with van der Waals surface area (Å²) in [5.74, 6) is -3.97. The van der Waals surface area contributed by atoms with Crippen LogP contribution >= 0.6 is 11.3 Å². The largest absolute Gasteiger partial charge is 0.490 e. The minimum Gasteiger partial charge on any atom is -0.490 e. The summed E-state index contributed by atoms with van der Waals surface area (Å²) in [4.78, 5) is 64.0. The highest BCUT2D eigenvalue weighted by atomic mass is 32.1. The average Bonchev–Trinajstić information content (AvgIpc) is 3.92. The van der Waals surface area contributed by atoms with Crippen LogP contribution in [0.15, 0.2) is 35.6 Å². The van der Waals surface area contributed by atoms with Gasteiger partial charge in [-0.2, -0.15) is 33.3 Å². The number of carbonyl (C=O) groups is 3. The number of nitrogens with one attached hydrogen (secondary N) is 1. The maximum Gasteiger partial charge on any atom is 0.425 e. The van der Waals surface area contributed by atoms with Crippen molar-refractivity contribution >= 4 is 73.0 Å². The highest BCUT2D eigenvalue weighted by molar-refractivity contribution is 7.23. The lowest BCUT2D eigenvalue weighted by Crippen LogP contribution is -2.45. The Morgan fingerprint density at radius 1 is 0.973 bits per heavy atom. The SMILES string of the molecule is CON=C1CN2CCC[C@@]2(COc2nc3c4c(c(C(F)(F)F)c(-c5ccc(F)c6sc(NC(=O)OC(C)(C)C)c(C#N)c56)c(F)c4n2)OCCN3[C@H](C)c2cccnc2N(C(=O)OC(C)(C)C)C(=O)OC(C)(C)C)C1. The quantitative estimate of drug-likeness (QED) is 0.0828.